The van der Waals surface area contributed by atoms with E-state index in [9.17, 15) is 14.0 Å². The van der Waals surface area contributed by atoms with Crippen molar-refractivity contribution in [2.24, 2.45) is 0 Å². The van der Waals surface area contributed by atoms with Crippen molar-refractivity contribution in [3.05, 3.63) is 74.8 Å². The molecule has 0 aliphatic rings. The summed E-state index contributed by atoms with van der Waals surface area (Å²) < 4.78 is 15.0. The third-order valence-electron chi connectivity index (χ3n) is 3.77. The van der Waals surface area contributed by atoms with E-state index in [0.29, 0.717) is 17.1 Å². The lowest BCUT2D eigenvalue weighted by Crippen LogP contribution is -2.31. The zero-order chi connectivity index (χ0) is 18.0. The summed E-state index contributed by atoms with van der Waals surface area (Å²) in [5.41, 5.74) is 0.425. The lowest BCUT2D eigenvalue weighted by Gasteiger charge is -2.10. The molecule has 0 atom stereocenters. The van der Waals surface area contributed by atoms with Crippen molar-refractivity contribution in [2.75, 3.05) is 0 Å². The summed E-state index contributed by atoms with van der Waals surface area (Å²) >= 11 is 5.91. The average Bonchev–Trinajstić information content (AvgIpc) is 2.60. The molecule has 0 fully saturated rings. The number of halogens is 2. The predicted octanol–water partition coefficient (Wildman–Crippen LogP) is 3.14. The molecule has 25 heavy (non-hydrogen) atoms. The van der Waals surface area contributed by atoms with Gasteiger partial charge in [0.2, 0.25) is 5.43 Å². The van der Waals surface area contributed by atoms with Crippen molar-refractivity contribution in [3.63, 3.8) is 0 Å². The Labute approximate surface area is 148 Å². The maximum atomic E-state index is 13.5. The fraction of sp³-hybridized carbons (Fsp3) is 0.167. The first-order valence-corrected chi connectivity index (χ1v) is 8.10. The Kier molecular flexibility index (Phi) is 4.81. The fourth-order valence-electron chi connectivity index (χ4n) is 2.57. The molecule has 0 spiro atoms. The molecule has 1 aromatic heterocycles. The van der Waals surface area contributed by atoms with E-state index >= 15 is 0 Å². The summed E-state index contributed by atoms with van der Waals surface area (Å²) in [5.74, 6) is -1.15. The van der Waals surface area contributed by atoms with Crippen LogP contribution < -0.4 is 10.7 Å². The maximum Gasteiger partial charge on any atom is 0.276 e. The molecule has 0 aliphatic carbocycles. The van der Waals surface area contributed by atoms with Gasteiger partial charge in [-0.25, -0.2) is 4.39 Å². The molecule has 0 saturated carbocycles. The number of hydrogen-bond acceptors (Lipinski definition) is 3. The Morgan fingerprint density at radius 2 is 2.08 bits per heavy atom. The summed E-state index contributed by atoms with van der Waals surface area (Å²) in [4.78, 5) is 24.9. The van der Waals surface area contributed by atoms with Crippen LogP contribution >= 0.6 is 11.6 Å². The molecular formula is C18H15ClFN3O2. The van der Waals surface area contributed by atoms with Gasteiger partial charge < -0.3 is 5.32 Å². The van der Waals surface area contributed by atoms with E-state index in [2.05, 4.69) is 10.4 Å². The molecule has 1 amide bonds. The van der Waals surface area contributed by atoms with Gasteiger partial charge in [-0.05, 0) is 42.8 Å². The number of aryl methyl sites for hydroxylation is 1. The number of rotatable bonds is 4. The minimum absolute atomic E-state index is 0.129. The van der Waals surface area contributed by atoms with Crippen molar-refractivity contribution in [2.45, 2.75) is 20.0 Å². The highest BCUT2D eigenvalue weighted by Gasteiger charge is 2.17. The number of nitrogens with zero attached hydrogens (tertiary/aromatic N) is 2. The first-order chi connectivity index (χ1) is 12.0. The number of fused-ring (bicyclic) bond motifs is 1. The highest BCUT2D eigenvalue weighted by atomic mass is 35.5. The second-order valence-corrected chi connectivity index (χ2v) is 5.90. The van der Waals surface area contributed by atoms with Gasteiger partial charge in [-0.1, -0.05) is 23.7 Å². The SMILES string of the molecule is CCn1nc(C(=O)NCc2cccc(Cl)c2)c(=O)c2cc(F)ccc21. The van der Waals surface area contributed by atoms with Gasteiger partial charge >= 0.3 is 0 Å². The number of aromatic nitrogens is 2. The monoisotopic (exact) mass is 359 g/mol. The first kappa shape index (κ1) is 17.1. The molecule has 0 aliphatic heterocycles. The van der Waals surface area contributed by atoms with E-state index in [1.54, 1.807) is 24.3 Å². The predicted molar refractivity (Wildman–Crippen MR) is 94.3 cm³/mol. The normalized spacial score (nSPS) is 10.8. The molecule has 128 valence electrons. The van der Waals surface area contributed by atoms with Gasteiger partial charge in [0.15, 0.2) is 5.69 Å². The highest BCUT2D eigenvalue weighted by Crippen LogP contribution is 2.13. The average molecular weight is 360 g/mol. The molecule has 1 heterocycles. The fourth-order valence-corrected chi connectivity index (χ4v) is 2.78. The van der Waals surface area contributed by atoms with Crippen LogP contribution in [0.15, 0.2) is 47.3 Å². The number of carbonyl (C=O) groups is 1. The number of benzene rings is 2. The molecule has 0 bridgehead atoms. The minimum Gasteiger partial charge on any atom is -0.346 e. The van der Waals surface area contributed by atoms with Crippen LogP contribution in [0.25, 0.3) is 10.9 Å². The number of nitrogens with one attached hydrogen (secondary N) is 1. The van der Waals surface area contributed by atoms with E-state index < -0.39 is 17.2 Å². The van der Waals surface area contributed by atoms with Crippen LogP contribution in [0, 0.1) is 5.82 Å². The summed E-state index contributed by atoms with van der Waals surface area (Å²) in [6, 6.07) is 10.9. The third-order valence-corrected chi connectivity index (χ3v) is 4.01. The molecule has 5 nitrogen and oxygen atoms in total. The molecule has 7 heteroatoms. The van der Waals surface area contributed by atoms with Gasteiger partial charge in [0.25, 0.3) is 5.91 Å². The van der Waals surface area contributed by atoms with Crippen molar-refractivity contribution in [1.82, 2.24) is 15.1 Å². The van der Waals surface area contributed by atoms with Gasteiger partial charge in [-0.15, -0.1) is 0 Å². The summed E-state index contributed by atoms with van der Waals surface area (Å²) in [6.45, 7) is 2.47. The zero-order valence-electron chi connectivity index (χ0n) is 13.4. The Morgan fingerprint density at radius 1 is 1.28 bits per heavy atom. The molecule has 3 rings (SSSR count). The van der Waals surface area contributed by atoms with Crippen LogP contribution in [0.1, 0.15) is 23.0 Å². The Balaban J connectivity index is 1.96. The quantitative estimate of drug-likeness (QED) is 0.778. The molecule has 3 aromatic rings. The molecule has 0 unspecified atom stereocenters. The minimum atomic E-state index is -0.613. The summed E-state index contributed by atoms with van der Waals surface area (Å²) in [7, 11) is 0. The van der Waals surface area contributed by atoms with E-state index in [1.165, 1.54) is 16.8 Å². The van der Waals surface area contributed by atoms with Gasteiger partial charge in [0.1, 0.15) is 5.82 Å². The molecule has 0 radical (unpaired) electrons. The van der Waals surface area contributed by atoms with Gasteiger partial charge in [0.05, 0.1) is 10.9 Å². The van der Waals surface area contributed by atoms with Crippen molar-refractivity contribution < 1.29 is 9.18 Å². The smallest absolute Gasteiger partial charge is 0.276 e. The van der Waals surface area contributed by atoms with Gasteiger partial charge in [-0.3, -0.25) is 14.3 Å². The summed E-state index contributed by atoms with van der Waals surface area (Å²) in [5, 5.41) is 7.45. The van der Waals surface area contributed by atoms with Gasteiger partial charge in [-0.2, -0.15) is 5.10 Å². The summed E-state index contributed by atoms with van der Waals surface area (Å²) in [6.07, 6.45) is 0. The molecule has 2 aromatic carbocycles. The lowest BCUT2D eigenvalue weighted by atomic mass is 10.2. The first-order valence-electron chi connectivity index (χ1n) is 7.72. The van der Waals surface area contributed by atoms with Crippen LogP contribution in [0.5, 0.6) is 0 Å². The van der Waals surface area contributed by atoms with Crippen LogP contribution in [-0.2, 0) is 13.1 Å². The van der Waals surface area contributed by atoms with Crippen LogP contribution in [0.3, 0.4) is 0 Å². The highest BCUT2D eigenvalue weighted by molar-refractivity contribution is 6.30. The van der Waals surface area contributed by atoms with Crippen LogP contribution in [0.4, 0.5) is 4.39 Å². The molecule has 1 N–H and O–H groups in total. The molecular weight excluding hydrogens is 345 g/mol. The van der Waals surface area contributed by atoms with Gasteiger partial charge in [0, 0.05) is 18.1 Å². The number of hydrogen-bond donors (Lipinski definition) is 1. The van der Waals surface area contributed by atoms with Crippen molar-refractivity contribution in [1.29, 1.82) is 0 Å². The Hall–Kier alpha value is -2.73. The molecule has 0 saturated heterocycles. The van der Waals surface area contributed by atoms with Crippen molar-refractivity contribution in [3.8, 4) is 0 Å². The van der Waals surface area contributed by atoms with E-state index in [0.717, 1.165) is 11.6 Å². The second-order valence-electron chi connectivity index (χ2n) is 5.47. The largest absolute Gasteiger partial charge is 0.346 e. The Bertz CT molecular complexity index is 1020. The third kappa shape index (κ3) is 3.53. The maximum absolute atomic E-state index is 13.5. The van der Waals surface area contributed by atoms with E-state index in [1.807, 2.05) is 6.92 Å². The van der Waals surface area contributed by atoms with Crippen LogP contribution in [0.2, 0.25) is 5.02 Å². The topological polar surface area (TPSA) is 64.0 Å². The lowest BCUT2D eigenvalue weighted by molar-refractivity contribution is 0.0942. The zero-order valence-corrected chi connectivity index (χ0v) is 14.2. The van der Waals surface area contributed by atoms with E-state index in [-0.39, 0.29) is 17.6 Å². The standard InChI is InChI=1S/C18H15ClFN3O2/c1-2-23-15-7-6-13(20)9-14(15)17(24)16(22-23)18(25)21-10-11-4-3-5-12(19)8-11/h3-9H,2,10H2,1H3,(H,21,25). The van der Waals surface area contributed by atoms with Crippen LogP contribution in [-0.4, -0.2) is 15.7 Å². The number of amides is 1. The Morgan fingerprint density at radius 3 is 2.80 bits per heavy atom. The van der Waals surface area contributed by atoms with E-state index in [4.69, 9.17) is 11.6 Å². The number of carbonyl (C=O) groups excluding carboxylic acids is 1. The van der Waals surface area contributed by atoms with Crippen molar-refractivity contribution >= 4 is 28.4 Å². The second kappa shape index (κ2) is 7.03.